The number of ketones is 2. The maximum atomic E-state index is 13.0. The van der Waals surface area contributed by atoms with Crippen molar-refractivity contribution in [1.82, 2.24) is 0 Å². The molecule has 2 N–H and O–H groups in total. The van der Waals surface area contributed by atoms with Gasteiger partial charge in [0.2, 0.25) is 5.88 Å². The molecule has 4 rings (SSSR count). The Balaban J connectivity index is 1.96. The summed E-state index contributed by atoms with van der Waals surface area (Å²) in [5.74, 6) is -1.86. The van der Waals surface area contributed by atoms with E-state index in [4.69, 9.17) is 10.5 Å². The number of rotatable bonds is 1. The second kappa shape index (κ2) is 6.35. The van der Waals surface area contributed by atoms with Gasteiger partial charge in [-0.15, -0.1) is 0 Å². The summed E-state index contributed by atoms with van der Waals surface area (Å²) in [4.78, 5) is 26.0. The Kier molecular flexibility index (Phi) is 4.27. The lowest BCUT2D eigenvalue weighted by atomic mass is 9.77. The summed E-state index contributed by atoms with van der Waals surface area (Å²) < 4.78 is 7.39. The van der Waals surface area contributed by atoms with Crippen LogP contribution in [0.2, 0.25) is 0 Å². The van der Waals surface area contributed by atoms with Crippen molar-refractivity contribution in [3.05, 3.63) is 71.7 Å². The van der Waals surface area contributed by atoms with Gasteiger partial charge in [0.15, 0.2) is 11.6 Å². The van der Waals surface area contributed by atoms with E-state index in [9.17, 15) is 14.9 Å². The number of Topliss-reactive ketones (excluding diaryl/α,β-unsaturated/α-hetero) is 2. The fourth-order valence-electron chi connectivity index (χ4n) is 3.53. The minimum atomic E-state index is -1.00. The Morgan fingerprint density at radius 3 is 2.23 bits per heavy atom. The molecule has 1 unspecified atom stereocenters. The molecule has 5 nitrogen and oxygen atoms in total. The summed E-state index contributed by atoms with van der Waals surface area (Å²) in [6.45, 7) is 0. The number of hydrogen-bond donors (Lipinski definition) is 1. The van der Waals surface area contributed by atoms with Gasteiger partial charge in [-0.05, 0) is 57.3 Å². The van der Waals surface area contributed by atoms with Crippen LogP contribution >= 0.6 is 45.2 Å². The Bertz CT molecular complexity index is 1030. The predicted octanol–water partition coefficient (Wildman–Crippen LogP) is 3.76. The van der Waals surface area contributed by atoms with Crippen LogP contribution in [0.25, 0.3) is 0 Å². The van der Waals surface area contributed by atoms with Gasteiger partial charge in [-0.25, -0.2) is 0 Å². The van der Waals surface area contributed by atoms with E-state index in [1.807, 2.05) is 18.2 Å². The quantitative estimate of drug-likeness (QED) is 0.418. The molecule has 0 saturated carbocycles. The SMILES string of the molecule is N#CC1=C(N)Oc2c(I)cc(I)cc2C1C1C(=O)c2ccccc2C1=O. The predicted molar refractivity (Wildman–Crippen MR) is 111 cm³/mol. The van der Waals surface area contributed by atoms with Crippen LogP contribution < -0.4 is 10.5 Å². The van der Waals surface area contributed by atoms with Gasteiger partial charge in [0, 0.05) is 26.2 Å². The molecule has 0 saturated heterocycles. The molecular formula is C19H10I2N2O3. The number of nitriles is 1. The number of allylic oxidation sites excluding steroid dienone is 1. The van der Waals surface area contributed by atoms with Crippen molar-refractivity contribution < 1.29 is 14.3 Å². The minimum Gasteiger partial charge on any atom is -0.439 e. The number of hydrogen-bond acceptors (Lipinski definition) is 5. The van der Waals surface area contributed by atoms with Gasteiger partial charge >= 0.3 is 0 Å². The van der Waals surface area contributed by atoms with Crippen molar-refractivity contribution >= 4 is 56.7 Å². The highest BCUT2D eigenvalue weighted by Gasteiger charge is 2.48. The van der Waals surface area contributed by atoms with Gasteiger partial charge in [0.25, 0.3) is 0 Å². The van der Waals surface area contributed by atoms with E-state index in [1.54, 1.807) is 24.3 Å². The van der Waals surface area contributed by atoms with E-state index in [0.717, 1.165) is 7.14 Å². The minimum absolute atomic E-state index is 0.0549. The summed E-state index contributed by atoms with van der Waals surface area (Å²) in [5.41, 5.74) is 7.53. The Labute approximate surface area is 176 Å². The summed E-state index contributed by atoms with van der Waals surface area (Å²) in [5, 5.41) is 9.65. The lowest BCUT2D eigenvalue weighted by Crippen LogP contribution is -2.31. The highest BCUT2D eigenvalue weighted by Crippen LogP contribution is 2.48. The molecule has 1 aliphatic carbocycles. The molecule has 1 aliphatic heterocycles. The third kappa shape index (κ3) is 2.46. The van der Waals surface area contributed by atoms with Crippen molar-refractivity contribution in [2.24, 2.45) is 11.7 Å². The van der Waals surface area contributed by atoms with Crippen LogP contribution in [0.15, 0.2) is 47.9 Å². The van der Waals surface area contributed by atoms with Crippen LogP contribution in [0.3, 0.4) is 0 Å². The number of ether oxygens (including phenoxy) is 1. The third-order valence-corrected chi connectivity index (χ3v) is 6.06. The van der Waals surface area contributed by atoms with Crippen LogP contribution in [0.5, 0.6) is 5.75 Å². The fraction of sp³-hybridized carbons (Fsp3) is 0.105. The molecule has 0 spiro atoms. The topological polar surface area (TPSA) is 93.2 Å². The maximum Gasteiger partial charge on any atom is 0.205 e. The Hall–Kier alpha value is -1.93. The normalized spacial score (nSPS) is 19.0. The van der Waals surface area contributed by atoms with E-state index in [0.29, 0.717) is 22.4 Å². The fourth-order valence-corrected chi connectivity index (χ4v) is 5.53. The summed E-state index contributed by atoms with van der Waals surface area (Å²) >= 11 is 4.28. The van der Waals surface area contributed by atoms with Gasteiger partial charge in [-0.1, -0.05) is 24.3 Å². The van der Waals surface area contributed by atoms with Gasteiger partial charge < -0.3 is 10.5 Å². The molecule has 0 amide bonds. The number of fused-ring (bicyclic) bond motifs is 2. The first-order valence-corrected chi connectivity index (χ1v) is 9.83. The first kappa shape index (κ1) is 17.5. The molecule has 2 aromatic rings. The second-order valence-electron chi connectivity index (χ2n) is 6.03. The molecule has 1 heterocycles. The standard InChI is InChI=1S/C19H10I2N2O3/c20-8-5-11-14(12(7-22)19(23)26-18(11)13(21)6-8)15-16(24)9-3-1-2-4-10(9)17(15)25/h1-6,14-15H,23H2. The van der Waals surface area contributed by atoms with E-state index < -0.39 is 11.8 Å². The molecule has 0 bridgehead atoms. The van der Waals surface area contributed by atoms with Crippen molar-refractivity contribution in [3.63, 3.8) is 0 Å². The molecular weight excluding hydrogens is 558 g/mol. The van der Waals surface area contributed by atoms with Crippen molar-refractivity contribution in [2.75, 3.05) is 0 Å². The molecule has 2 aromatic carbocycles. The van der Waals surface area contributed by atoms with Gasteiger partial charge in [0.05, 0.1) is 15.1 Å². The van der Waals surface area contributed by atoms with Crippen molar-refractivity contribution in [1.29, 1.82) is 5.26 Å². The van der Waals surface area contributed by atoms with Gasteiger partial charge in [0.1, 0.15) is 11.8 Å². The summed E-state index contributed by atoms with van der Waals surface area (Å²) in [6, 6.07) is 12.6. The molecule has 26 heavy (non-hydrogen) atoms. The number of halogens is 2. The lowest BCUT2D eigenvalue weighted by molar-refractivity contribution is 0.0822. The van der Waals surface area contributed by atoms with Gasteiger partial charge in [-0.2, -0.15) is 5.26 Å². The number of carbonyl (C=O) groups excluding carboxylic acids is 2. The van der Waals surface area contributed by atoms with Crippen molar-refractivity contribution in [2.45, 2.75) is 5.92 Å². The monoisotopic (exact) mass is 568 g/mol. The zero-order chi connectivity index (χ0) is 18.6. The Morgan fingerprint density at radius 2 is 1.65 bits per heavy atom. The largest absolute Gasteiger partial charge is 0.439 e. The number of nitrogens with two attached hydrogens (primary N) is 1. The zero-order valence-corrected chi connectivity index (χ0v) is 17.4. The summed E-state index contributed by atoms with van der Waals surface area (Å²) in [7, 11) is 0. The number of nitrogens with zero attached hydrogens (tertiary/aromatic N) is 1. The molecule has 0 aromatic heterocycles. The Morgan fingerprint density at radius 1 is 1.04 bits per heavy atom. The average Bonchev–Trinajstić information content (AvgIpc) is 2.86. The van der Waals surface area contributed by atoms with Gasteiger partial charge in [-0.3, -0.25) is 9.59 Å². The lowest BCUT2D eigenvalue weighted by Gasteiger charge is -2.29. The third-order valence-electron chi connectivity index (χ3n) is 4.64. The smallest absolute Gasteiger partial charge is 0.205 e. The van der Waals surface area contributed by atoms with Crippen molar-refractivity contribution in [3.8, 4) is 11.8 Å². The van der Waals surface area contributed by atoms with E-state index in [1.165, 1.54) is 0 Å². The molecule has 128 valence electrons. The van der Waals surface area contributed by atoms with Crippen LogP contribution in [-0.4, -0.2) is 11.6 Å². The van der Waals surface area contributed by atoms with Crippen LogP contribution in [-0.2, 0) is 0 Å². The van der Waals surface area contributed by atoms with E-state index in [-0.39, 0.29) is 23.0 Å². The zero-order valence-electron chi connectivity index (χ0n) is 13.1. The molecule has 0 fully saturated rings. The average molecular weight is 568 g/mol. The van der Waals surface area contributed by atoms with Crippen LogP contribution in [0.4, 0.5) is 0 Å². The second-order valence-corrected chi connectivity index (χ2v) is 8.44. The molecule has 0 radical (unpaired) electrons. The van der Waals surface area contributed by atoms with E-state index >= 15 is 0 Å². The van der Waals surface area contributed by atoms with E-state index in [2.05, 4.69) is 45.2 Å². The highest BCUT2D eigenvalue weighted by molar-refractivity contribution is 14.1. The maximum absolute atomic E-state index is 13.0. The molecule has 7 heteroatoms. The molecule has 2 aliphatic rings. The molecule has 1 atom stereocenters. The highest BCUT2D eigenvalue weighted by atomic mass is 127. The number of carbonyl (C=O) groups is 2. The first-order valence-electron chi connectivity index (χ1n) is 7.68. The van der Waals surface area contributed by atoms with Crippen LogP contribution in [0.1, 0.15) is 32.2 Å². The number of benzene rings is 2. The van der Waals surface area contributed by atoms with Crippen LogP contribution in [0, 0.1) is 24.4 Å². The summed E-state index contributed by atoms with van der Waals surface area (Å²) in [6.07, 6.45) is 0. The first-order chi connectivity index (χ1) is 12.4.